The number of hydrogen-bond donors (Lipinski definition) is 3. The van der Waals surface area contributed by atoms with E-state index in [0.717, 1.165) is 0 Å². The van der Waals surface area contributed by atoms with Crippen LogP contribution < -0.4 is 5.73 Å². The Balaban J connectivity index is 0. The Morgan fingerprint density at radius 2 is 1.75 bits per heavy atom. The number of carbonyl (C=O) groups is 2. The summed E-state index contributed by atoms with van der Waals surface area (Å²) in [4.78, 5) is 19.1. The molecule has 0 amide bonds. The summed E-state index contributed by atoms with van der Waals surface area (Å²) in [5.41, 5.74) is 5.02. The van der Waals surface area contributed by atoms with E-state index in [0.29, 0.717) is 0 Å². The molecule has 70 valence electrons. The Morgan fingerprint density at radius 3 is 1.75 bits per heavy atom. The lowest BCUT2D eigenvalue weighted by atomic mass is 10.4. The molecule has 0 unspecified atom stereocenters. The number of hydrogen-bond acceptors (Lipinski definition) is 3. The van der Waals surface area contributed by atoms with Gasteiger partial charge in [0.25, 0.3) is 0 Å². The Kier molecular flexibility index (Phi) is 8.55. The van der Waals surface area contributed by atoms with Crippen LogP contribution in [-0.4, -0.2) is 28.7 Å². The summed E-state index contributed by atoms with van der Waals surface area (Å²) in [5, 5.41) is 15.7. The molecule has 12 heavy (non-hydrogen) atoms. The van der Waals surface area contributed by atoms with Crippen LogP contribution in [0.1, 0.15) is 13.3 Å². The van der Waals surface area contributed by atoms with E-state index < -0.39 is 11.9 Å². The molecule has 0 radical (unpaired) electrons. The lowest BCUT2D eigenvalue weighted by molar-refractivity contribution is -0.136. The minimum absolute atomic E-state index is 0.0694. The van der Waals surface area contributed by atoms with Crippen LogP contribution >= 0.6 is 0 Å². The predicted molar refractivity (Wildman–Crippen MR) is 43.8 cm³/mol. The van der Waals surface area contributed by atoms with E-state index in [1.54, 1.807) is 0 Å². The van der Waals surface area contributed by atoms with Crippen molar-refractivity contribution in [2.45, 2.75) is 13.3 Å². The number of carboxylic acid groups (broad SMARTS) is 2. The first kappa shape index (κ1) is 13.2. The van der Waals surface area contributed by atoms with Gasteiger partial charge in [-0.3, -0.25) is 4.79 Å². The molecular formula is C7H13NO4. The second-order valence-electron chi connectivity index (χ2n) is 2.02. The van der Waals surface area contributed by atoms with Crippen molar-refractivity contribution in [3.63, 3.8) is 0 Å². The van der Waals surface area contributed by atoms with Gasteiger partial charge >= 0.3 is 11.9 Å². The average molecular weight is 175 g/mol. The van der Waals surface area contributed by atoms with E-state index >= 15 is 0 Å². The van der Waals surface area contributed by atoms with Crippen LogP contribution in [0.2, 0.25) is 0 Å². The third-order valence-electron chi connectivity index (χ3n) is 0.723. The molecule has 0 heterocycles. The van der Waals surface area contributed by atoms with Crippen LogP contribution in [0.25, 0.3) is 0 Å². The summed E-state index contributed by atoms with van der Waals surface area (Å²) >= 11 is 0. The fraction of sp³-hybridized carbons (Fsp3) is 0.429. The maximum Gasteiger partial charge on any atom is 0.330 e. The van der Waals surface area contributed by atoms with Crippen LogP contribution in [0.4, 0.5) is 0 Å². The van der Waals surface area contributed by atoms with Gasteiger partial charge in [0.15, 0.2) is 0 Å². The third kappa shape index (κ3) is 15.9. The maximum absolute atomic E-state index is 9.60. The van der Waals surface area contributed by atoms with Gasteiger partial charge in [0, 0.05) is 12.1 Å². The fourth-order valence-corrected chi connectivity index (χ4v) is 0.123. The molecule has 0 aromatic rings. The van der Waals surface area contributed by atoms with E-state index in [4.69, 9.17) is 15.9 Å². The molecule has 4 N–H and O–H groups in total. The monoisotopic (exact) mass is 175 g/mol. The SMILES string of the molecule is C=C(C)C(=O)O.NCCC(=O)O. The molecule has 0 aliphatic carbocycles. The molecule has 0 fully saturated rings. The molecule has 0 saturated carbocycles. The molecule has 0 aromatic carbocycles. The molecule has 0 aliphatic heterocycles. The van der Waals surface area contributed by atoms with Gasteiger partial charge in [-0.15, -0.1) is 0 Å². The molecular weight excluding hydrogens is 162 g/mol. The Bertz CT molecular complexity index is 164. The van der Waals surface area contributed by atoms with E-state index in [2.05, 4.69) is 6.58 Å². The van der Waals surface area contributed by atoms with Gasteiger partial charge in [-0.2, -0.15) is 0 Å². The molecule has 0 bridgehead atoms. The van der Waals surface area contributed by atoms with Gasteiger partial charge in [-0.1, -0.05) is 6.58 Å². The van der Waals surface area contributed by atoms with E-state index in [1.807, 2.05) is 0 Å². The second-order valence-corrected chi connectivity index (χ2v) is 2.02. The standard InChI is InChI=1S/C4H6O2.C3H7NO2/c1-3(2)4(5)6;4-2-1-3(5)6/h1H2,2H3,(H,5,6);1-2,4H2,(H,5,6). The van der Waals surface area contributed by atoms with Gasteiger partial charge in [-0.05, 0) is 6.92 Å². The molecule has 0 aliphatic rings. The van der Waals surface area contributed by atoms with Gasteiger partial charge in [0.1, 0.15) is 0 Å². The van der Waals surface area contributed by atoms with E-state index in [-0.39, 0.29) is 18.5 Å². The van der Waals surface area contributed by atoms with Gasteiger partial charge in [0.05, 0.1) is 6.42 Å². The highest BCUT2D eigenvalue weighted by Crippen LogP contribution is 1.81. The van der Waals surface area contributed by atoms with Crippen LogP contribution in [0.5, 0.6) is 0 Å². The van der Waals surface area contributed by atoms with Crippen LogP contribution in [0.15, 0.2) is 12.2 Å². The normalized spacial score (nSPS) is 7.83. The summed E-state index contributed by atoms with van der Waals surface area (Å²) in [7, 11) is 0. The van der Waals surface area contributed by atoms with Crippen molar-refractivity contribution < 1.29 is 19.8 Å². The van der Waals surface area contributed by atoms with Crippen molar-refractivity contribution >= 4 is 11.9 Å². The summed E-state index contributed by atoms with van der Waals surface area (Å²) in [6.45, 7) is 4.83. The molecule has 0 atom stereocenters. The van der Waals surface area contributed by atoms with Crippen molar-refractivity contribution in [1.82, 2.24) is 0 Å². The quantitative estimate of drug-likeness (QED) is 0.527. The molecule has 0 aromatic heterocycles. The van der Waals surface area contributed by atoms with Crippen molar-refractivity contribution in [2.24, 2.45) is 5.73 Å². The van der Waals surface area contributed by atoms with Crippen molar-refractivity contribution in [3.8, 4) is 0 Å². The zero-order valence-electron chi connectivity index (χ0n) is 6.91. The highest BCUT2D eigenvalue weighted by Gasteiger charge is 1.90. The number of aliphatic carboxylic acids is 2. The Hall–Kier alpha value is -1.36. The zero-order valence-corrected chi connectivity index (χ0v) is 6.91. The number of nitrogens with two attached hydrogens (primary N) is 1. The smallest absolute Gasteiger partial charge is 0.330 e. The second kappa shape index (κ2) is 7.74. The Morgan fingerprint density at radius 1 is 1.42 bits per heavy atom. The van der Waals surface area contributed by atoms with Crippen LogP contribution in [0.3, 0.4) is 0 Å². The summed E-state index contributed by atoms with van der Waals surface area (Å²) in [6.07, 6.45) is 0.0694. The molecule has 0 saturated heterocycles. The zero-order chi connectivity index (χ0) is 10.1. The largest absolute Gasteiger partial charge is 0.481 e. The third-order valence-corrected chi connectivity index (χ3v) is 0.723. The van der Waals surface area contributed by atoms with Crippen molar-refractivity contribution in [3.05, 3.63) is 12.2 Å². The summed E-state index contributed by atoms with van der Waals surface area (Å²) < 4.78 is 0. The van der Waals surface area contributed by atoms with Crippen molar-refractivity contribution in [2.75, 3.05) is 6.54 Å². The maximum atomic E-state index is 9.60. The number of rotatable bonds is 3. The van der Waals surface area contributed by atoms with E-state index in [9.17, 15) is 9.59 Å². The minimum atomic E-state index is -0.935. The predicted octanol–water partition coefficient (Wildman–Crippen LogP) is 0.0669. The lowest BCUT2D eigenvalue weighted by Crippen LogP contribution is -2.05. The highest BCUT2D eigenvalue weighted by molar-refractivity contribution is 5.84. The topological polar surface area (TPSA) is 101 Å². The van der Waals surface area contributed by atoms with Crippen molar-refractivity contribution in [1.29, 1.82) is 0 Å². The molecule has 0 rings (SSSR count). The Labute approximate surface area is 70.5 Å². The highest BCUT2D eigenvalue weighted by atomic mass is 16.4. The minimum Gasteiger partial charge on any atom is -0.481 e. The summed E-state index contributed by atoms with van der Waals surface area (Å²) in [5.74, 6) is -1.77. The average Bonchev–Trinajstić information content (AvgIpc) is 1.87. The number of carboxylic acids is 2. The molecule has 0 spiro atoms. The first-order valence-corrected chi connectivity index (χ1v) is 3.22. The first-order chi connectivity index (χ1) is 5.41. The molecule has 5 nitrogen and oxygen atoms in total. The van der Waals surface area contributed by atoms with E-state index in [1.165, 1.54) is 6.92 Å². The van der Waals surface area contributed by atoms with Gasteiger partial charge in [0.2, 0.25) is 0 Å². The summed E-state index contributed by atoms with van der Waals surface area (Å²) in [6, 6.07) is 0. The van der Waals surface area contributed by atoms with Gasteiger partial charge in [-0.25, -0.2) is 4.79 Å². The lowest BCUT2D eigenvalue weighted by Gasteiger charge is -1.80. The first-order valence-electron chi connectivity index (χ1n) is 3.22. The van der Waals surface area contributed by atoms with Gasteiger partial charge < -0.3 is 15.9 Å². The fourth-order valence-electron chi connectivity index (χ4n) is 0.123. The molecule has 5 heteroatoms. The van der Waals surface area contributed by atoms with Crippen LogP contribution in [0, 0.1) is 0 Å². The van der Waals surface area contributed by atoms with Crippen LogP contribution in [-0.2, 0) is 9.59 Å².